The van der Waals surface area contributed by atoms with Gasteiger partial charge in [0.2, 0.25) is 11.6 Å². The third-order valence-electron chi connectivity index (χ3n) is 15.9. The van der Waals surface area contributed by atoms with Crippen molar-refractivity contribution in [2.45, 2.75) is 146 Å². The maximum Gasteiger partial charge on any atom is 0.202 e. The van der Waals surface area contributed by atoms with Crippen molar-refractivity contribution in [3.05, 3.63) is 103 Å². The molecule has 2 heterocycles. The van der Waals surface area contributed by atoms with E-state index in [4.69, 9.17) is 39.3 Å². The molecule has 25 heteroatoms. The third-order valence-corrected chi connectivity index (χ3v) is 15.9. The summed E-state index contributed by atoms with van der Waals surface area (Å²) in [5.74, 6) is -7.47. The molecular weight excluding hydrogens is 1100 g/mol. The first-order valence-electron chi connectivity index (χ1n) is 27.3. The fourth-order valence-electron chi connectivity index (χ4n) is 11.8. The van der Waals surface area contributed by atoms with E-state index >= 15 is 0 Å². The minimum Gasteiger partial charge on any atom is -0.507 e. The van der Waals surface area contributed by atoms with Crippen molar-refractivity contribution in [1.82, 2.24) is 5.32 Å². The van der Waals surface area contributed by atoms with Crippen LogP contribution in [-0.4, -0.2) is 192 Å². The topological polar surface area (TPSA) is 418 Å². The average molecular weight is 1180 g/mol. The van der Waals surface area contributed by atoms with Gasteiger partial charge in [-0.3, -0.25) is 28.8 Å². The summed E-state index contributed by atoms with van der Waals surface area (Å²) >= 11 is 0. The number of likely N-dealkylation sites (N-methyl/N-ethyl adjacent to an activating group) is 1. The number of nitrogens with two attached hydrogens (primary N) is 1. The smallest absolute Gasteiger partial charge is 0.202 e. The standard InChI is InChI=1S/C28H31NO11.C27H29NO11.C2H6O.C2H6/c1-11-23(32)14(29-2)7-18(39-11)40-16-9-28(37,17(31)10-30)8-13-20(16)27(36)22-21(25(13)34)24(33)12-5-4-6-15(38-3)19(12)26(22)35;1-10-22(31)13(28)6-17(38-10)39-15-8-27(36,16(30)9-29)7-12-19(15)26(35)21-20(24(12)33)23(32)11-4-3-5-14(37-2)18(11)25(21)34;1-2-3;1-2/h4-6,11,14,16,18,23,29-30,32,34,36-37H,7-10H2,1-3H3;3-5,10,13,15,17,22,29,31,33,35-36H,6-9,28H2,1-2H3;3H,2H2,1H3;1-2H3/t11?,14?,16-,18?,23?,28-;10?,13?,15-,17?,22?,27-;;/m00../s1. The van der Waals surface area contributed by atoms with Crippen molar-refractivity contribution in [2.75, 3.05) is 41.1 Å². The van der Waals surface area contributed by atoms with E-state index in [1.54, 1.807) is 27.8 Å². The number of aromatic hydroxyl groups is 4. The Bertz CT molecular complexity index is 3220. The number of Topliss-reactive ketones (excluding diaryl/α,β-unsaturated/α-hetero) is 2. The highest BCUT2D eigenvalue weighted by Gasteiger charge is 2.53. The Morgan fingerprint density at radius 1 is 0.619 bits per heavy atom. The van der Waals surface area contributed by atoms with Gasteiger partial charge in [0.25, 0.3) is 0 Å². The van der Waals surface area contributed by atoms with Crippen molar-refractivity contribution < 1.29 is 113 Å². The van der Waals surface area contributed by atoms with E-state index in [1.807, 2.05) is 13.8 Å². The van der Waals surface area contributed by atoms with E-state index in [-0.39, 0.29) is 75.5 Å². The van der Waals surface area contributed by atoms with Crippen LogP contribution >= 0.6 is 0 Å². The van der Waals surface area contributed by atoms with Crippen LogP contribution in [0.3, 0.4) is 0 Å². The van der Waals surface area contributed by atoms with Gasteiger partial charge in [-0.15, -0.1) is 0 Å². The summed E-state index contributed by atoms with van der Waals surface area (Å²) in [6, 6.07) is 7.60. The number of carbonyl (C=O) groups is 6. The first-order chi connectivity index (χ1) is 39.8. The molecule has 2 saturated heterocycles. The monoisotopic (exact) mass is 1180 g/mol. The molecule has 0 bridgehead atoms. The molecule has 8 unspecified atom stereocenters. The van der Waals surface area contributed by atoms with Crippen LogP contribution in [0, 0.1) is 0 Å². The fraction of sp³-hybridized carbons (Fsp3) is 0.492. The normalized spacial score (nSPS) is 28.1. The van der Waals surface area contributed by atoms with Crippen LogP contribution in [0.25, 0.3) is 0 Å². The van der Waals surface area contributed by atoms with Gasteiger partial charge in [0.15, 0.2) is 35.7 Å². The van der Waals surface area contributed by atoms with Gasteiger partial charge in [0, 0.05) is 90.6 Å². The van der Waals surface area contributed by atoms with Gasteiger partial charge in [-0.05, 0) is 40.0 Å². The number of aliphatic hydroxyl groups is 7. The number of nitrogens with one attached hydrogen (secondary N) is 1. The Labute approximate surface area is 482 Å². The number of rotatable bonds is 11. The van der Waals surface area contributed by atoms with Crippen LogP contribution in [0.5, 0.6) is 34.5 Å². The molecule has 14 N–H and O–H groups in total. The molecule has 10 rings (SSSR count). The van der Waals surface area contributed by atoms with Crippen LogP contribution in [0.4, 0.5) is 0 Å². The molecule has 0 spiro atoms. The number of methoxy groups -OCH3 is 2. The highest BCUT2D eigenvalue weighted by molar-refractivity contribution is 6.32. The van der Waals surface area contributed by atoms with E-state index < -0.39 is 191 Å². The molecule has 456 valence electrons. The fourth-order valence-corrected chi connectivity index (χ4v) is 11.8. The minimum absolute atomic E-state index is 0.0173. The second kappa shape index (κ2) is 25.8. The number of ether oxygens (including phenoxy) is 6. The minimum atomic E-state index is -2.24. The van der Waals surface area contributed by atoms with Crippen molar-refractivity contribution in [3.63, 3.8) is 0 Å². The van der Waals surface area contributed by atoms with Crippen LogP contribution in [0.2, 0.25) is 0 Å². The lowest BCUT2D eigenvalue weighted by Gasteiger charge is -2.42. The lowest BCUT2D eigenvalue weighted by Crippen LogP contribution is -2.53. The Hall–Kier alpha value is -6.82. The molecule has 4 aromatic carbocycles. The molecular formula is C59H72N2O23. The summed E-state index contributed by atoms with van der Waals surface area (Å²) in [4.78, 5) is 79.6. The number of benzene rings is 4. The first kappa shape index (κ1) is 64.7. The summed E-state index contributed by atoms with van der Waals surface area (Å²) in [6.45, 7) is 7.12. The Morgan fingerprint density at radius 3 is 1.35 bits per heavy atom. The summed E-state index contributed by atoms with van der Waals surface area (Å²) in [6.07, 6.45) is -9.79. The number of fused-ring (bicyclic) bond motifs is 6. The van der Waals surface area contributed by atoms with E-state index in [2.05, 4.69) is 5.32 Å². The van der Waals surface area contributed by atoms with Gasteiger partial charge in [-0.25, -0.2) is 0 Å². The van der Waals surface area contributed by atoms with Crippen LogP contribution in [-0.2, 0) is 41.4 Å². The molecule has 12 atom stereocenters. The van der Waals surface area contributed by atoms with Gasteiger partial charge in [0.1, 0.15) is 58.9 Å². The molecule has 4 aliphatic carbocycles. The number of carbonyl (C=O) groups excluding carboxylic acids is 6. The summed E-state index contributed by atoms with van der Waals surface area (Å²) < 4.78 is 34.2. The number of phenols is 4. The van der Waals surface area contributed by atoms with Gasteiger partial charge in [-0.2, -0.15) is 0 Å². The van der Waals surface area contributed by atoms with E-state index in [1.165, 1.54) is 50.6 Å². The summed E-state index contributed by atoms with van der Waals surface area (Å²) in [7, 11) is 4.31. The second-order valence-corrected chi connectivity index (χ2v) is 20.9. The SMILES string of the molecule is CC.CCO.CNC1CC(O[C@H]2C[C@](O)(C(=O)CO)Cc3c(O)c4c(c(O)c32)C(=O)c2c(OC)cccc2C4=O)OC(C)C1O.COc1cccc2c1C(=O)c1c(O)c3c(c(O)c1C2=O)C[C@@](O)(C(=O)CO)C[C@@H]3OC1CC(N)C(O)C(C)O1. The van der Waals surface area contributed by atoms with Crippen LogP contribution < -0.4 is 20.5 Å². The molecule has 0 amide bonds. The molecule has 6 aliphatic rings. The maximum absolute atomic E-state index is 13.7. The Morgan fingerprint density at radius 2 is 0.988 bits per heavy atom. The molecule has 0 saturated carbocycles. The summed E-state index contributed by atoms with van der Waals surface area (Å²) in [5, 5.41) is 118. The zero-order valence-electron chi connectivity index (χ0n) is 47.5. The number of ketones is 6. The number of hydrogen-bond acceptors (Lipinski definition) is 25. The van der Waals surface area contributed by atoms with Crippen molar-refractivity contribution in [3.8, 4) is 34.5 Å². The molecule has 2 aliphatic heterocycles. The lowest BCUT2D eigenvalue weighted by atomic mass is 9.72. The highest BCUT2D eigenvalue weighted by atomic mass is 16.7. The predicted octanol–water partition coefficient (Wildman–Crippen LogP) is 1.29. The van der Waals surface area contributed by atoms with Gasteiger partial charge >= 0.3 is 0 Å². The second-order valence-electron chi connectivity index (χ2n) is 20.9. The number of hydrogen-bond donors (Lipinski definition) is 13. The van der Waals surface area contributed by atoms with Crippen molar-refractivity contribution >= 4 is 34.7 Å². The maximum atomic E-state index is 13.7. The molecule has 4 aromatic rings. The van der Waals surface area contributed by atoms with Crippen molar-refractivity contribution in [2.24, 2.45) is 5.73 Å². The van der Waals surface area contributed by atoms with Crippen LogP contribution in [0.1, 0.15) is 158 Å². The number of phenolic OH excluding ortho intramolecular Hbond substituents is 4. The van der Waals surface area contributed by atoms with E-state index in [0.29, 0.717) is 0 Å². The largest absolute Gasteiger partial charge is 0.507 e. The lowest BCUT2D eigenvalue weighted by molar-refractivity contribution is -0.249. The molecule has 0 aromatic heterocycles. The number of aliphatic hydroxyl groups excluding tert-OH is 5. The zero-order valence-corrected chi connectivity index (χ0v) is 47.5. The predicted molar refractivity (Wildman–Crippen MR) is 292 cm³/mol. The van der Waals surface area contributed by atoms with E-state index in [9.17, 15) is 79.8 Å². The molecule has 0 radical (unpaired) electrons. The average Bonchev–Trinajstić information content (AvgIpc) is 1.02. The molecule has 84 heavy (non-hydrogen) atoms. The molecule has 25 nitrogen and oxygen atoms in total. The van der Waals surface area contributed by atoms with Crippen LogP contribution in [0.15, 0.2) is 36.4 Å². The van der Waals surface area contributed by atoms with Gasteiger partial charge < -0.3 is 95.6 Å². The quantitative estimate of drug-likeness (QED) is 0.0813. The Balaban J connectivity index is 0.000000224. The Kier molecular flexibility index (Phi) is 19.9. The third kappa shape index (κ3) is 11.3. The zero-order chi connectivity index (χ0) is 62.2. The van der Waals surface area contributed by atoms with E-state index in [0.717, 1.165) is 0 Å². The highest BCUT2D eigenvalue weighted by Crippen LogP contribution is 2.55. The van der Waals surface area contributed by atoms with Crippen molar-refractivity contribution in [1.29, 1.82) is 0 Å². The summed E-state index contributed by atoms with van der Waals surface area (Å²) in [5.41, 5.74) is -1.15. The molecule has 2 fully saturated rings. The van der Waals surface area contributed by atoms with Gasteiger partial charge in [-0.1, -0.05) is 38.1 Å². The van der Waals surface area contributed by atoms with Gasteiger partial charge in [0.05, 0.1) is 84.2 Å². The first-order valence-corrected chi connectivity index (χ1v) is 27.3.